The Balaban J connectivity index is 1.61. The third-order valence-corrected chi connectivity index (χ3v) is 5.43. The fraction of sp³-hybridized carbons (Fsp3) is 0.389. The Morgan fingerprint density at radius 3 is 2.74 bits per heavy atom. The second-order valence-electron chi connectivity index (χ2n) is 6.04. The van der Waals surface area contributed by atoms with E-state index in [1.807, 2.05) is 29.6 Å². The summed E-state index contributed by atoms with van der Waals surface area (Å²) in [7, 11) is 0. The number of likely N-dealkylation sites (tertiary alicyclic amines) is 1. The Bertz CT molecular complexity index is 639. The van der Waals surface area contributed by atoms with E-state index >= 15 is 0 Å². The number of aliphatic hydroxyl groups excluding tert-OH is 1. The minimum atomic E-state index is -0.894. The van der Waals surface area contributed by atoms with Crippen LogP contribution >= 0.6 is 11.3 Å². The standard InChI is InChI=1S/C18H21NO3S/c20-16(17-4-2-10-23-17)11-15-3-1-9-19(15)12-13-5-7-14(8-6-13)18(21)22/h2,4-8,10,15-16,20H,1,3,9,11-12H2,(H,21,22). The van der Waals surface area contributed by atoms with Crippen LogP contribution in [-0.2, 0) is 6.54 Å². The number of carbonyl (C=O) groups is 1. The number of hydrogen-bond acceptors (Lipinski definition) is 4. The fourth-order valence-electron chi connectivity index (χ4n) is 3.21. The van der Waals surface area contributed by atoms with Crippen LogP contribution in [-0.4, -0.2) is 33.7 Å². The molecule has 1 aliphatic rings. The smallest absolute Gasteiger partial charge is 0.335 e. The van der Waals surface area contributed by atoms with Crippen LogP contribution in [0.2, 0.25) is 0 Å². The molecular formula is C18H21NO3S. The lowest BCUT2D eigenvalue weighted by atomic mass is 10.0. The number of hydrogen-bond donors (Lipinski definition) is 2. The van der Waals surface area contributed by atoms with Crippen LogP contribution in [0.5, 0.6) is 0 Å². The molecule has 23 heavy (non-hydrogen) atoms. The maximum atomic E-state index is 10.9. The summed E-state index contributed by atoms with van der Waals surface area (Å²) in [5.74, 6) is -0.894. The molecule has 4 nitrogen and oxygen atoms in total. The van der Waals surface area contributed by atoms with Gasteiger partial charge in [-0.2, -0.15) is 0 Å². The quantitative estimate of drug-likeness (QED) is 0.850. The summed E-state index contributed by atoms with van der Waals surface area (Å²) in [5, 5.41) is 21.3. The molecule has 0 aliphatic carbocycles. The topological polar surface area (TPSA) is 60.8 Å². The van der Waals surface area contributed by atoms with E-state index in [1.54, 1.807) is 23.5 Å². The molecule has 2 aromatic rings. The van der Waals surface area contributed by atoms with Crippen molar-refractivity contribution in [2.45, 2.75) is 38.0 Å². The predicted octanol–water partition coefficient (Wildman–Crippen LogP) is 3.53. The first-order chi connectivity index (χ1) is 11.1. The van der Waals surface area contributed by atoms with Gasteiger partial charge in [0, 0.05) is 17.5 Å². The molecule has 1 saturated heterocycles. The number of thiophene rings is 1. The molecule has 1 aromatic carbocycles. The summed E-state index contributed by atoms with van der Waals surface area (Å²) in [6.07, 6.45) is 2.62. The molecule has 122 valence electrons. The van der Waals surface area contributed by atoms with Gasteiger partial charge in [-0.25, -0.2) is 4.79 Å². The van der Waals surface area contributed by atoms with Crippen molar-refractivity contribution in [1.29, 1.82) is 0 Å². The van der Waals surface area contributed by atoms with Crippen molar-refractivity contribution in [3.63, 3.8) is 0 Å². The Morgan fingerprint density at radius 1 is 1.30 bits per heavy atom. The molecule has 2 unspecified atom stereocenters. The zero-order valence-corrected chi connectivity index (χ0v) is 13.7. The van der Waals surface area contributed by atoms with Crippen LogP contribution in [0.3, 0.4) is 0 Å². The van der Waals surface area contributed by atoms with Gasteiger partial charge in [0.2, 0.25) is 0 Å². The minimum absolute atomic E-state index is 0.319. The van der Waals surface area contributed by atoms with Crippen molar-refractivity contribution in [3.8, 4) is 0 Å². The van der Waals surface area contributed by atoms with Crippen molar-refractivity contribution < 1.29 is 15.0 Å². The second-order valence-corrected chi connectivity index (χ2v) is 7.01. The third kappa shape index (κ3) is 3.99. The van der Waals surface area contributed by atoms with Gasteiger partial charge in [0.05, 0.1) is 11.7 Å². The molecule has 1 fully saturated rings. The fourth-order valence-corrected chi connectivity index (χ4v) is 3.94. The highest BCUT2D eigenvalue weighted by atomic mass is 32.1. The van der Waals surface area contributed by atoms with E-state index in [4.69, 9.17) is 5.11 Å². The molecule has 5 heteroatoms. The highest BCUT2D eigenvalue weighted by Gasteiger charge is 2.27. The van der Waals surface area contributed by atoms with Gasteiger partial charge in [-0.3, -0.25) is 4.90 Å². The molecule has 0 spiro atoms. The summed E-state index contributed by atoms with van der Waals surface area (Å²) in [5.41, 5.74) is 1.44. The molecule has 1 aliphatic heterocycles. The molecular weight excluding hydrogens is 310 g/mol. The summed E-state index contributed by atoms with van der Waals surface area (Å²) in [6, 6.07) is 11.4. The summed E-state index contributed by atoms with van der Waals surface area (Å²) >= 11 is 1.60. The van der Waals surface area contributed by atoms with Gasteiger partial charge in [-0.1, -0.05) is 18.2 Å². The van der Waals surface area contributed by atoms with E-state index < -0.39 is 12.1 Å². The van der Waals surface area contributed by atoms with E-state index in [-0.39, 0.29) is 0 Å². The molecule has 1 aromatic heterocycles. The maximum Gasteiger partial charge on any atom is 0.335 e. The zero-order chi connectivity index (χ0) is 16.2. The molecule has 0 amide bonds. The van der Waals surface area contributed by atoms with Crippen molar-refractivity contribution in [2.75, 3.05) is 6.54 Å². The van der Waals surface area contributed by atoms with E-state index in [0.29, 0.717) is 11.6 Å². The Labute approximate surface area is 140 Å². The molecule has 3 rings (SSSR count). The van der Waals surface area contributed by atoms with Gasteiger partial charge in [0.25, 0.3) is 0 Å². The first-order valence-electron chi connectivity index (χ1n) is 7.91. The van der Waals surface area contributed by atoms with E-state index in [9.17, 15) is 9.90 Å². The Hall–Kier alpha value is -1.69. The maximum absolute atomic E-state index is 10.9. The van der Waals surface area contributed by atoms with Crippen LogP contribution in [0, 0.1) is 0 Å². The number of aliphatic hydroxyl groups is 1. The minimum Gasteiger partial charge on any atom is -0.478 e. The number of carboxylic acid groups (broad SMARTS) is 1. The van der Waals surface area contributed by atoms with Crippen molar-refractivity contribution >= 4 is 17.3 Å². The molecule has 0 saturated carbocycles. The first-order valence-corrected chi connectivity index (χ1v) is 8.79. The molecule has 2 atom stereocenters. The van der Waals surface area contributed by atoms with E-state index in [2.05, 4.69) is 4.90 Å². The predicted molar refractivity (Wildman–Crippen MR) is 90.7 cm³/mol. The summed E-state index contributed by atoms with van der Waals surface area (Å²) in [6.45, 7) is 1.84. The number of benzene rings is 1. The van der Waals surface area contributed by atoms with Gasteiger partial charge >= 0.3 is 5.97 Å². The van der Waals surface area contributed by atoms with Gasteiger partial charge in [0.15, 0.2) is 0 Å². The zero-order valence-electron chi connectivity index (χ0n) is 12.9. The number of carboxylic acids is 1. The summed E-state index contributed by atoms with van der Waals surface area (Å²) < 4.78 is 0. The monoisotopic (exact) mass is 331 g/mol. The molecule has 2 heterocycles. The molecule has 2 N–H and O–H groups in total. The van der Waals surface area contributed by atoms with E-state index in [0.717, 1.165) is 42.8 Å². The number of nitrogens with zero attached hydrogens (tertiary/aromatic N) is 1. The van der Waals surface area contributed by atoms with Gasteiger partial charge in [0.1, 0.15) is 0 Å². The number of rotatable bonds is 6. The van der Waals surface area contributed by atoms with Gasteiger partial charge < -0.3 is 10.2 Å². The van der Waals surface area contributed by atoms with Crippen molar-refractivity contribution in [1.82, 2.24) is 4.90 Å². The molecule has 0 radical (unpaired) electrons. The average molecular weight is 331 g/mol. The SMILES string of the molecule is O=C(O)c1ccc(CN2CCCC2CC(O)c2cccs2)cc1. The van der Waals surface area contributed by atoms with Crippen LogP contribution in [0.1, 0.15) is 46.2 Å². The van der Waals surface area contributed by atoms with Crippen LogP contribution in [0.25, 0.3) is 0 Å². The lowest BCUT2D eigenvalue weighted by Gasteiger charge is -2.26. The number of aromatic carboxylic acids is 1. The Morgan fingerprint density at radius 2 is 2.09 bits per heavy atom. The van der Waals surface area contributed by atoms with Crippen LogP contribution in [0.15, 0.2) is 41.8 Å². The largest absolute Gasteiger partial charge is 0.478 e. The normalized spacial score (nSPS) is 19.8. The van der Waals surface area contributed by atoms with Crippen molar-refractivity contribution in [3.05, 3.63) is 57.8 Å². The summed E-state index contributed by atoms with van der Waals surface area (Å²) in [4.78, 5) is 14.3. The average Bonchev–Trinajstić information content (AvgIpc) is 3.20. The molecule has 0 bridgehead atoms. The first kappa shape index (κ1) is 16.2. The van der Waals surface area contributed by atoms with Crippen LogP contribution < -0.4 is 0 Å². The van der Waals surface area contributed by atoms with Gasteiger partial charge in [-0.15, -0.1) is 11.3 Å². The Kier molecular flexibility index (Phi) is 5.10. The van der Waals surface area contributed by atoms with Crippen molar-refractivity contribution in [2.24, 2.45) is 0 Å². The highest BCUT2D eigenvalue weighted by Crippen LogP contribution is 2.30. The van der Waals surface area contributed by atoms with Gasteiger partial charge in [-0.05, 0) is 54.9 Å². The highest BCUT2D eigenvalue weighted by molar-refractivity contribution is 7.10. The lowest BCUT2D eigenvalue weighted by molar-refractivity contribution is 0.0696. The van der Waals surface area contributed by atoms with Crippen LogP contribution in [0.4, 0.5) is 0 Å². The second kappa shape index (κ2) is 7.25. The lowest BCUT2D eigenvalue weighted by Crippen LogP contribution is -2.30. The van der Waals surface area contributed by atoms with E-state index in [1.165, 1.54) is 0 Å². The third-order valence-electron chi connectivity index (χ3n) is 4.45.